The summed E-state index contributed by atoms with van der Waals surface area (Å²) >= 11 is 0. The average molecular weight is 497 g/mol. The van der Waals surface area contributed by atoms with Crippen LogP contribution in [-0.2, 0) is 17.2 Å². The highest BCUT2D eigenvalue weighted by Gasteiger charge is 2.36. The summed E-state index contributed by atoms with van der Waals surface area (Å²) in [6.07, 6.45) is 7.82. The molecule has 11 nitrogen and oxygen atoms in total. The van der Waals surface area contributed by atoms with Gasteiger partial charge in [0.1, 0.15) is 17.3 Å². The number of ether oxygens (including phenoxy) is 1. The number of amides is 2. The Bertz CT molecular complexity index is 1240. The van der Waals surface area contributed by atoms with Crippen LogP contribution in [0.4, 0.5) is 22.4 Å². The molecule has 2 aromatic rings. The third kappa shape index (κ3) is 4.55. The zero-order valence-corrected chi connectivity index (χ0v) is 20.5. The second-order valence-electron chi connectivity index (χ2n) is 9.47. The fraction of sp³-hybridized carbons (Fsp3) is 0.478. The number of nitrogens with one attached hydrogen (secondary N) is 2. The first-order valence-electron chi connectivity index (χ1n) is 11.5. The van der Waals surface area contributed by atoms with Crippen molar-refractivity contribution in [2.45, 2.75) is 36.7 Å². The van der Waals surface area contributed by atoms with Crippen molar-refractivity contribution in [3.63, 3.8) is 0 Å². The molecular weight excluding hydrogens is 468 g/mol. The molecule has 2 atom stereocenters. The molecule has 4 N–H and O–H groups in total. The van der Waals surface area contributed by atoms with E-state index in [-0.39, 0.29) is 12.6 Å². The van der Waals surface area contributed by atoms with Crippen molar-refractivity contribution in [3.8, 4) is 18.1 Å². The molecule has 184 valence electrons. The van der Waals surface area contributed by atoms with Gasteiger partial charge in [-0.1, -0.05) is 5.92 Å². The third-order valence-electron chi connectivity index (χ3n) is 6.31. The maximum atomic E-state index is 12.7. The lowest BCUT2D eigenvalue weighted by Gasteiger charge is -2.44. The molecular formula is C23H28N8O3S. The Morgan fingerprint density at radius 1 is 1.40 bits per heavy atom. The van der Waals surface area contributed by atoms with Crippen molar-refractivity contribution >= 4 is 34.4 Å². The Hall–Kier alpha value is -3.59. The zero-order valence-electron chi connectivity index (χ0n) is 19.7. The van der Waals surface area contributed by atoms with Gasteiger partial charge in [-0.2, -0.15) is 4.98 Å². The van der Waals surface area contributed by atoms with E-state index in [0.717, 1.165) is 18.1 Å². The number of carbonyl (C=O) groups is 1. The van der Waals surface area contributed by atoms with Crippen molar-refractivity contribution < 1.29 is 13.7 Å². The molecule has 3 aliphatic rings. The van der Waals surface area contributed by atoms with E-state index in [0.29, 0.717) is 59.8 Å². The Morgan fingerprint density at radius 3 is 3.00 bits per heavy atom. The summed E-state index contributed by atoms with van der Waals surface area (Å²) in [5, 5.41) is 5.98. The first-order chi connectivity index (χ1) is 16.7. The van der Waals surface area contributed by atoms with Crippen LogP contribution in [0.15, 0.2) is 17.2 Å². The molecule has 2 amide bonds. The van der Waals surface area contributed by atoms with E-state index in [4.69, 9.17) is 26.9 Å². The molecule has 0 aromatic carbocycles. The van der Waals surface area contributed by atoms with Gasteiger partial charge in [0.25, 0.3) is 0 Å². The molecule has 0 bridgehead atoms. The number of piperazine rings is 1. The first-order valence-corrected chi connectivity index (χ1v) is 12.8. The van der Waals surface area contributed by atoms with Crippen LogP contribution >= 0.6 is 0 Å². The highest BCUT2D eigenvalue weighted by molar-refractivity contribution is 7.85. The second kappa shape index (κ2) is 8.88. The smallest absolute Gasteiger partial charge is 0.312 e. The Balaban J connectivity index is 1.39. The third-order valence-corrected chi connectivity index (χ3v) is 7.76. The average Bonchev–Trinajstić information content (AvgIpc) is 3.22. The summed E-state index contributed by atoms with van der Waals surface area (Å²) < 4.78 is 18.7. The molecule has 0 saturated carbocycles. The predicted octanol–water partition coefficient (Wildman–Crippen LogP) is 0.463. The molecule has 0 radical (unpaired) electrons. The lowest BCUT2D eigenvalue weighted by Crippen LogP contribution is -2.58. The summed E-state index contributed by atoms with van der Waals surface area (Å²) in [7, 11) is -1.17. The molecule has 2 aromatic heterocycles. The highest BCUT2D eigenvalue weighted by Crippen LogP contribution is 2.36. The minimum atomic E-state index is -1.17. The van der Waals surface area contributed by atoms with Crippen LogP contribution in [0.2, 0.25) is 0 Å². The van der Waals surface area contributed by atoms with Gasteiger partial charge < -0.3 is 30.9 Å². The lowest BCUT2D eigenvalue weighted by atomic mass is 10.1. The van der Waals surface area contributed by atoms with E-state index < -0.39 is 22.4 Å². The lowest BCUT2D eigenvalue weighted by molar-refractivity contribution is 0.247. The van der Waals surface area contributed by atoms with Crippen LogP contribution in [-0.4, -0.2) is 75.3 Å². The minimum Gasteiger partial charge on any atom is -0.487 e. The van der Waals surface area contributed by atoms with Crippen molar-refractivity contribution in [1.82, 2.24) is 20.3 Å². The minimum absolute atomic E-state index is 0.0824. The number of fused-ring (bicyclic) bond motifs is 4. The molecule has 0 aliphatic carbocycles. The number of hydrogen-bond donors (Lipinski definition) is 3. The SMILES string of the molecule is C#Cc1cnc2c(c1)OCC1CN(c3nc4c(c(NC(C)(C)CNC(N)=O)n3)S(=O)CC4)CCN21. The van der Waals surface area contributed by atoms with E-state index in [1.165, 1.54) is 0 Å². The Labute approximate surface area is 206 Å². The number of terminal acetylenes is 1. The molecule has 1 saturated heterocycles. The number of anilines is 3. The number of primary amides is 1. The van der Waals surface area contributed by atoms with Gasteiger partial charge in [-0.25, -0.2) is 14.8 Å². The van der Waals surface area contributed by atoms with Gasteiger partial charge in [0, 0.05) is 56.2 Å². The van der Waals surface area contributed by atoms with Gasteiger partial charge in [0.2, 0.25) is 5.95 Å². The largest absolute Gasteiger partial charge is 0.487 e. The molecule has 3 aliphatic heterocycles. The number of pyridine rings is 1. The van der Waals surface area contributed by atoms with Gasteiger partial charge >= 0.3 is 6.03 Å². The van der Waals surface area contributed by atoms with E-state index in [1.807, 2.05) is 19.9 Å². The van der Waals surface area contributed by atoms with E-state index in [9.17, 15) is 9.00 Å². The summed E-state index contributed by atoms with van der Waals surface area (Å²) in [5.41, 5.74) is 6.16. The molecule has 12 heteroatoms. The van der Waals surface area contributed by atoms with E-state index in [1.54, 1.807) is 6.20 Å². The summed E-state index contributed by atoms with van der Waals surface area (Å²) in [6, 6.07) is 1.33. The van der Waals surface area contributed by atoms with Crippen molar-refractivity contribution in [1.29, 1.82) is 0 Å². The number of nitrogens with two attached hydrogens (primary N) is 1. The Kier molecular flexibility index (Phi) is 5.88. The molecule has 1 fully saturated rings. The maximum Gasteiger partial charge on any atom is 0.312 e. The predicted molar refractivity (Wildman–Crippen MR) is 133 cm³/mol. The van der Waals surface area contributed by atoms with Crippen LogP contribution in [0, 0.1) is 12.3 Å². The van der Waals surface area contributed by atoms with Crippen LogP contribution in [0.5, 0.6) is 5.75 Å². The van der Waals surface area contributed by atoms with Crippen LogP contribution in [0.3, 0.4) is 0 Å². The van der Waals surface area contributed by atoms with E-state index >= 15 is 0 Å². The van der Waals surface area contributed by atoms with Gasteiger partial charge in [-0.3, -0.25) is 4.21 Å². The number of aryl methyl sites for hydroxylation is 1. The molecule has 35 heavy (non-hydrogen) atoms. The topological polar surface area (TPSA) is 139 Å². The molecule has 5 rings (SSSR count). The van der Waals surface area contributed by atoms with Gasteiger partial charge in [0.15, 0.2) is 11.6 Å². The number of carbonyl (C=O) groups excluding carboxylic acids is 1. The van der Waals surface area contributed by atoms with Gasteiger partial charge in [0.05, 0.1) is 28.1 Å². The van der Waals surface area contributed by atoms with Gasteiger partial charge in [-0.15, -0.1) is 6.42 Å². The maximum absolute atomic E-state index is 12.7. The van der Waals surface area contributed by atoms with Crippen molar-refractivity contribution in [2.24, 2.45) is 5.73 Å². The quantitative estimate of drug-likeness (QED) is 0.504. The second-order valence-corrected chi connectivity index (χ2v) is 11.0. The van der Waals surface area contributed by atoms with Crippen LogP contribution < -0.4 is 30.9 Å². The molecule has 0 spiro atoms. The highest BCUT2D eigenvalue weighted by atomic mass is 32.2. The van der Waals surface area contributed by atoms with Gasteiger partial charge in [-0.05, 0) is 13.8 Å². The zero-order chi connectivity index (χ0) is 24.7. The number of urea groups is 1. The molecule has 5 heterocycles. The molecule has 2 unspecified atom stereocenters. The number of rotatable bonds is 5. The first kappa shape index (κ1) is 23.2. The number of hydrogen-bond acceptors (Lipinski definition) is 9. The fourth-order valence-electron chi connectivity index (χ4n) is 4.57. The number of aromatic nitrogens is 3. The summed E-state index contributed by atoms with van der Waals surface area (Å²) in [5.74, 6) is 5.75. The summed E-state index contributed by atoms with van der Waals surface area (Å²) in [6.45, 7) is 6.72. The standard InChI is InChI=1S/C23H28N8O3S/c1-4-14-9-17-20(25-10-14)31-7-6-30(11-15(31)12-34-17)22-27-16-5-8-35(33)18(16)19(28-22)29-23(2,3)13-26-21(24)32/h1,9-10,15H,5-8,11-13H2,2-3H3,(H3,24,26,32)(H,27,28,29). The number of nitrogens with zero attached hydrogens (tertiary/aromatic N) is 5. The fourth-order valence-corrected chi connectivity index (χ4v) is 5.87. The van der Waals surface area contributed by atoms with Crippen molar-refractivity contribution in [2.75, 3.05) is 53.7 Å². The normalized spacial score (nSPS) is 20.7. The van der Waals surface area contributed by atoms with Crippen LogP contribution in [0.25, 0.3) is 0 Å². The monoisotopic (exact) mass is 496 g/mol. The van der Waals surface area contributed by atoms with Crippen molar-refractivity contribution in [3.05, 3.63) is 23.5 Å². The summed E-state index contributed by atoms with van der Waals surface area (Å²) in [4.78, 5) is 30.4. The van der Waals surface area contributed by atoms with E-state index in [2.05, 4.69) is 31.3 Å². The Morgan fingerprint density at radius 2 is 2.23 bits per heavy atom. The van der Waals surface area contributed by atoms with Crippen LogP contribution in [0.1, 0.15) is 25.1 Å².